The van der Waals surface area contributed by atoms with E-state index in [1.807, 2.05) is 38.1 Å². The third kappa shape index (κ3) is 7.97. The van der Waals surface area contributed by atoms with Crippen molar-refractivity contribution < 1.29 is 29.4 Å². The maximum Gasteiger partial charge on any atom is 0.328 e. The van der Waals surface area contributed by atoms with Gasteiger partial charge < -0.3 is 36.9 Å². The number of carboxylic acids is 1. The number of carbonyl (C=O) groups excluding carboxylic acids is 3. The third-order valence-corrected chi connectivity index (χ3v) is 6.05. The number of aliphatic carboxylic acids is 1. The van der Waals surface area contributed by atoms with Crippen molar-refractivity contribution in [2.45, 2.75) is 63.9 Å². The van der Waals surface area contributed by atoms with E-state index in [2.05, 4.69) is 33.6 Å². The molecular formula is C24H35N5O6S. The Hall–Kier alpha value is -3.09. The number of benzene rings is 1. The number of aliphatic hydroxyl groups excluding tert-OH is 1. The van der Waals surface area contributed by atoms with Crippen LogP contribution in [0.4, 0.5) is 0 Å². The van der Waals surface area contributed by atoms with E-state index in [0.717, 1.165) is 16.5 Å². The molecule has 8 N–H and O–H groups in total. The SMILES string of the molecule is CC(C)CC(NC(=O)C(N)CS)C(=O)NC(Cc1c[nH]c2ccccc12)C(=O)NC(C(=O)O)C(C)O. The fourth-order valence-electron chi connectivity index (χ4n) is 3.71. The van der Waals surface area contributed by atoms with E-state index in [4.69, 9.17) is 5.73 Å². The van der Waals surface area contributed by atoms with E-state index < -0.39 is 54.0 Å². The number of rotatable bonds is 13. The number of thiol groups is 1. The zero-order valence-electron chi connectivity index (χ0n) is 20.5. The quantitative estimate of drug-likeness (QED) is 0.169. The number of para-hydroxylation sites is 1. The van der Waals surface area contributed by atoms with Gasteiger partial charge in [-0.3, -0.25) is 14.4 Å². The van der Waals surface area contributed by atoms with E-state index in [1.54, 1.807) is 6.20 Å². The summed E-state index contributed by atoms with van der Waals surface area (Å²) in [7, 11) is 0. The van der Waals surface area contributed by atoms with Crippen LogP contribution >= 0.6 is 12.6 Å². The van der Waals surface area contributed by atoms with Crippen molar-refractivity contribution in [3.05, 3.63) is 36.0 Å². The molecule has 11 nitrogen and oxygen atoms in total. The van der Waals surface area contributed by atoms with E-state index >= 15 is 0 Å². The molecule has 0 saturated heterocycles. The molecule has 2 aromatic rings. The van der Waals surface area contributed by atoms with Crippen molar-refractivity contribution in [1.29, 1.82) is 0 Å². The van der Waals surface area contributed by atoms with E-state index in [9.17, 15) is 29.4 Å². The number of hydrogen-bond donors (Lipinski definition) is 8. The van der Waals surface area contributed by atoms with E-state index in [-0.39, 0.29) is 24.5 Å². The first-order chi connectivity index (χ1) is 16.9. The third-order valence-electron chi connectivity index (χ3n) is 5.65. The monoisotopic (exact) mass is 521 g/mol. The number of fused-ring (bicyclic) bond motifs is 1. The predicted octanol–water partition coefficient (Wildman–Crippen LogP) is -0.0666. The second-order valence-corrected chi connectivity index (χ2v) is 9.53. The summed E-state index contributed by atoms with van der Waals surface area (Å²) in [6.45, 7) is 4.99. The Morgan fingerprint density at radius 2 is 1.61 bits per heavy atom. The summed E-state index contributed by atoms with van der Waals surface area (Å²) in [6.07, 6.45) is 0.654. The molecule has 198 valence electrons. The normalized spacial score (nSPS) is 15.5. The van der Waals surface area contributed by atoms with E-state index in [0.29, 0.717) is 0 Å². The largest absolute Gasteiger partial charge is 0.480 e. The Bertz CT molecular complexity index is 1070. The lowest BCUT2D eigenvalue weighted by Crippen LogP contribution is -2.59. The molecule has 0 fully saturated rings. The number of carboxylic acid groups (broad SMARTS) is 1. The first kappa shape index (κ1) is 29.1. The minimum atomic E-state index is -1.57. The summed E-state index contributed by atoms with van der Waals surface area (Å²) >= 11 is 4.01. The van der Waals surface area contributed by atoms with Crippen molar-refractivity contribution >= 4 is 47.2 Å². The number of nitrogens with two attached hydrogens (primary N) is 1. The summed E-state index contributed by atoms with van der Waals surface area (Å²) in [5.41, 5.74) is 7.28. The average molecular weight is 522 g/mol. The van der Waals surface area contributed by atoms with Crippen molar-refractivity contribution in [2.24, 2.45) is 11.7 Å². The highest BCUT2D eigenvalue weighted by Crippen LogP contribution is 2.19. The molecule has 1 aromatic carbocycles. The van der Waals surface area contributed by atoms with Crippen LogP contribution in [0.5, 0.6) is 0 Å². The van der Waals surface area contributed by atoms with Gasteiger partial charge in [-0.25, -0.2) is 4.79 Å². The van der Waals surface area contributed by atoms with Crippen LogP contribution in [-0.2, 0) is 25.6 Å². The van der Waals surface area contributed by atoms with Crippen molar-refractivity contribution in [1.82, 2.24) is 20.9 Å². The van der Waals surface area contributed by atoms with Gasteiger partial charge in [0.05, 0.1) is 12.1 Å². The molecule has 0 aliphatic rings. The number of amides is 3. The molecule has 1 heterocycles. The van der Waals surface area contributed by atoms with Gasteiger partial charge in [-0.15, -0.1) is 0 Å². The summed E-state index contributed by atoms with van der Waals surface area (Å²) < 4.78 is 0. The maximum absolute atomic E-state index is 13.2. The lowest BCUT2D eigenvalue weighted by molar-refractivity contribution is -0.145. The van der Waals surface area contributed by atoms with Crippen LogP contribution in [0.3, 0.4) is 0 Å². The molecule has 0 spiro atoms. The van der Waals surface area contributed by atoms with Gasteiger partial charge in [0.1, 0.15) is 12.1 Å². The van der Waals surface area contributed by atoms with Gasteiger partial charge in [0.15, 0.2) is 6.04 Å². The second-order valence-electron chi connectivity index (χ2n) is 9.17. The zero-order chi connectivity index (χ0) is 27.0. The van der Waals surface area contributed by atoms with Crippen molar-refractivity contribution in [3.63, 3.8) is 0 Å². The number of aromatic amines is 1. The molecule has 12 heteroatoms. The van der Waals surface area contributed by atoms with Crippen LogP contribution in [0.2, 0.25) is 0 Å². The van der Waals surface area contributed by atoms with Crippen LogP contribution in [0.15, 0.2) is 30.5 Å². The first-order valence-electron chi connectivity index (χ1n) is 11.7. The van der Waals surface area contributed by atoms with Gasteiger partial charge in [0.2, 0.25) is 17.7 Å². The minimum absolute atomic E-state index is 0.0285. The molecular weight excluding hydrogens is 486 g/mol. The van der Waals surface area contributed by atoms with Crippen LogP contribution < -0.4 is 21.7 Å². The van der Waals surface area contributed by atoms with Gasteiger partial charge >= 0.3 is 5.97 Å². The Labute approximate surface area is 215 Å². The van der Waals surface area contributed by atoms with Crippen LogP contribution in [-0.4, -0.2) is 74.9 Å². The number of hydrogen-bond acceptors (Lipinski definition) is 7. The van der Waals surface area contributed by atoms with Crippen molar-refractivity contribution in [3.8, 4) is 0 Å². The maximum atomic E-state index is 13.2. The predicted molar refractivity (Wildman–Crippen MR) is 138 cm³/mol. The van der Waals surface area contributed by atoms with Crippen LogP contribution in [0.1, 0.15) is 32.8 Å². The molecule has 1 aromatic heterocycles. The molecule has 5 unspecified atom stereocenters. The summed E-state index contributed by atoms with van der Waals surface area (Å²) in [6, 6.07) is 2.75. The Morgan fingerprint density at radius 1 is 1.00 bits per heavy atom. The highest BCUT2D eigenvalue weighted by Gasteiger charge is 2.32. The van der Waals surface area contributed by atoms with Gasteiger partial charge in [-0.05, 0) is 30.9 Å². The summed E-state index contributed by atoms with van der Waals surface area (Å²) in [5.74, 6) is -3.26. The number of carbonyl (C=O) groups is 4. The van der Waals surface area contributed by atoms with E-state index in [1.165, 1.54) is 6.92 Å². The first-order valence-corrected chi connectivity index (χ1v) is 12.3. The summed E-state index contributed by atoms with van der Waals surface area (Å²) in [5, 5.41) is 27.6. The standard InChI is InChI=1S/C24H35N5O6S/c1-12(2)8-18(27-21(31)16(25)11-36)22(32)28-19(23(33)29-20(13(3)30)24(34)35)9-14-10-26-17-7-5-4-6-15(14)17/h4-7,10,12-13,16,18-20,26,30,36H,8-9,11,25H2,1-3H3,(H,27,31)(H,28,32)(H,29,33)(H,34,35). The van der Waals surface area contributed by atoms with Crippen LogP contribution in [0, 0.1) is 5.92 Å². The fourth-order valence-corrected chi connectivity index (χ4v) is 3.87. The minimum Gasteiger partial charge on any atom is -0.480 e. The lowest BCUT2D eigenvalue weighted by atomic mass is 10.00. The Kier molecular flexibility index (Phi) is 10.8. The lowest BCUT2D eigenvalue weighted by Gasteiger charge is -2.26. The topological polar surface area (TPSA) is 187 Å². The Morgan fingerprint density at radius 3 is 2.19 bits per heavy atom. The molecule has 3 amide bonds. The molecule has 2 rings (SSSR count). The number of aromatic nitrogens is 1. The number of nitrogens with one attached hydrogen (secondary N) is 4. The van der Waals surface area contributed by atoms with Crippen molar-refractivity contribution in [2.75, 3.05) is 5.75 Å². The number of aliphatic hydroxyl groups is 1. The van der Waals surface area contributed by atoms with Crippen LogP contribution in [0.25, 0.3) is 10.9 Å². The zero-order valence-corrected chi connectivity index (χ0v) is 21.4. The average Bonchev–Trinajstić information content (AvgIpc) is 3.22. The highest BCUT2D eigenvalue weighted by molar-refractivity contribution is 7.80. The highest BCUT2D eigenvalue weighted by atomic mass is 32.1. The molecule has 0 radical (unpaired) electrons. The smallest absolute Gasteiger partial charge is 0.328 e. The molecule has 0 aliphatic heterocycles. The fraction of sp³-hybridized carbons (Fsp3) is 0.500. The van der Waals surface area contributed by atoms with Gasteiger partial charge in [0, 0.05) is 29.3 Å². The summed E-state index contributed by atoms with van der Waals surface area (Å²) in [4.78, 5) is 53.4. The molecule has 0 bridgehead atoms. The second kappa shape index (κ2) is 13.3. The van der Waals surface area contributed by atoms with Gasteiger partial charge in [-0.1, -0.05) is 32.0 Å². The molecule has 5 atom stereocenters. The Balaban J connectivity index is 2.33. The van der Waals surface area contributed by atoms with Gasteiger partial charge in [0.25, 0.3) is 0 Å². The molecule has 0 aliphatic carbocycles. The van der Waals surface area contributed by atoms with Gasteiger partial charge in [-0.2, -0.15) is 12.6 Å². The molecule has 0 saturated carbocycles. The number of H-pyrrole nitrogens is 1. The molecule has 36 heavy (non-hydrogen) atoms.